The summed E-state index contributed by atoms with van der Waals surface area (Å²) in [5, 5.41) is 70.1. The van der Waals surface area contributed by atoms with Crippen LogP contribution in [0.15, 0.2) is 30.3 Å². The molecule has 0 bridgehead atoms. The lowest BCUT2D eigenvalue weighted by Crippen LogP contribution is -2.48. The quantitative estimate of drug-likeness (QED) is 0.134. The van der Waals surface area contributed by atoms with Gasteiger partial charge in [-0.1, -0.05) is 71.9 Å². The van der Waals surface area contributed by atoms with E-state index in [9.17, 15) is 29.4 Å². The van der Waals surface area contributed by atoms with Crippen LogP contribution in [0.2, 0.25) is 0 Å². The van der Waals surface area contributed by atoms with E-state index in [4.69, 9.17) is 53.6 Å². The van der Waals surface area contributed by atoms with E-state index in [-0.39, 0.29) is 5.92 Å². The zero-order chi connectivity index (χ0) is 34.8. The number of benzene rings is 1. The molecule has 8 atom stereocenters. The summed E-state index contributed by atoms with van der Waals surface area (Å²) >= 11 is 0. The minimum Gasteiger partial charge on any atom is -0.480 e. The van der Waals surface area contributed by atoms with E-state index < -0.39 is 77.9 Å². The molecule has 0 aromatic heterocycles. The zero-order valence-corrected chi connectivity index (χ0v) is 25.3. The van der Waals surface area contributed by atoms with Gasteiger partial charge in [0.05, 0.1) is 18.3 Å². The van der Waals surface area contributed by atoms with Crippen molar-refractivity contribution >= 4 is 23.9 Å². The van der Waals surface area contributed by atoms with Crippen molar-refractivity contribution in [2.75, 3.05) is 0 Å². The van der Waals surface area contributed by atoms with Gasteiger partial charge in [0.25, 0.3) is 0 Å². The van der Waals surface area contributed by atoms with Crippen LogP contribution in [0.4, 0.5) is 0 Å². The number of carboxylic acid groups (broad SMARTS) is 4. The smallest absolute Gasteiger partial charge is 0.323 e. The van der Waals surface area contributed by atoms with E-state index in [1.165, 1.54) is 0 Å². The van der Waals surface area contributed by atoms with Crippen molar-refractivity contribution in [1.29, 1.82) is 0 Å². The number of aliphatic hydroxyl groups is 4. The largest absolute Gasteiger partial charge is 0.480 e. The SMILES string of the molecule is CC(C)(C)C(O)C(N)C(=O)O.CC(C)C(O)C(N)C(=O)O.CCC(O)C(N)C(=O)O.NC(C(=O)O)C(O)c1ccccc1. The first kappa shape index (κ1) is 44.2. The number of hydrogen-bond donors (Lipinski definition) is 12. The van der Waals surface area contributed by atoms with Crippen LogP contribution in [0.3, 0.4) is 0 Å². The standard InChI is InChI=1S/C9H11NO3.C7H15NO3.C6H13NO3.C5H11NO3/c10-7(9(12)13)8(11)6-4-2-1-3-5-6;1-7(2,3)5(9)4(8)6(10)11;1-3(2)5(8)4(7)6(9)10;1-2-3(7)4(6)5(8)9/h1-5,7-8,11H,10H2,(H,12,13);4-5,9H,8H2,1-3H3,(H,10,11);3-5,8H,7H2,1-2H3,(H,9,10);3-4,7H,2,6H2,1H3,(H,8,9). The van der Waals surface area contributed by atoms with Gasteiger partial charge in [-0.25, -0.2) is 0 Å². The highest BCUT2D eigenvalue weighted by Gasteiger charge is 2.32. The molecule has 250 valence electrons. The fourth-order valence-electron chi connectivity index (χ4n) is 2.65. The fraction of sp³-hybridized carbons (Fsp3) is 0.630. The van der Waals surface area contributed by atoms with E-state index >= 15 is 0 Å². The Bertz CT molecular complexity index is 959. The van der Waals surface area contributed by atoms with E-state index in [0.29, 0.717) is 12.0 Å². The highest BCUT2D eigenvalue weighted by atomic mass is 16.4. The molecule has 0 aliphatic carbocycles. The maximum absolute atomic E-state index is 10.4. The number of rotatable bonds is 11. The number of aliphatic carboxylic acids is 4. The Hall–Kier alpha value is -3.22. The van der Waals surface area contributed by atoms with Crippen LogP contribution in [0.1, 0.15) is 59.6 Å². The summed E-state index contributed by atoms with van der Waals surface area (Å²) in [6.07, 6.45) is -3.69. The molecule has 0 aliphatic heterocycles. The molecule has 0 saturated carbocycles. The Morgan fingerprint density at radius 1 is 0.674 bits per heavy atom. The van der Waals surface area contributed by atoms with Crippen molar-refractivity contribution in [2.45, 2.75) is 96.5 Å². The van der Waals surface area contributed by atoms with Gasteiger partial charge >= 0.3 is 23.9 Å². The van der Waals surface area contributed by atoms with Crippen molar-refractivity contribution in [1.82, 2.24) is 0 Å². The first-order valence-electron chi connectivity index (χ1n) is 13.2. The average Bonchev–Trinajstić information content (AvgIpc) is 2.94. The second kappa shape index (κ2) is 21.5. The molecule has 8 unspecified atom stereocenters. The number of carbonyl (C=O) groups is 4. The van der Waals surface area contributed by atoms with Gasteiger partial charge in [0, 0.05) is 0 Å². The van der Waals surface area contributed by atoms with Gasteiger partial charge in [0.15, 0.2) is 0 Å². The monoisotopic (exact) mass is 622 g/mol. The molecule has 0 radical (unpaired) electrons. The average molecular weight is 623 g/mol. The molecule has 0 aliphatic rings. The van der Waals surface area contributed by atoms with Gasteiger partial charge in [-0.15, -0.1) is 0 Å². The normalized spacial score (nSPS) is 16.4. The van der Waals surface area contributed by atoms with Crippen LogP contribution in [0, 0.1) is 11.3 Å². The van der Waals surface area contributed by atoms with Crippen LogP contribution in [-0.4, -0.2) is 107 Å². The van der Waals surface area contributed by atoms with Crippen LogP contribution >= 0.6 is 0 Å². The van der Waals surface area contributed by atoms with Gasteiger partial charge in [-0.05, 0) is 23.3 Å². The van der Waals surface area contributed by atoms with E-state index in [2.05, 4.69) is 0 Å². The molecule has 0 spiro atoms. The van der Waals surface area contributed by atoms with E-state index in [0.717, 1.165) is 0 Å². The molecule has 16 heteroatoms. The third-order valence-electron chi connectivity index (χ3n) is 5.73. The lowest BCUT2D eigenvalue weighted by Gasteiger charge is -2.28. The van der Waals surface area contributed by atoms with Gasteiger partial charge in [-0.2, -0.15) is 0 Å². The molecule has 0 saturated heterocycles. The van der Waals surface area contributed by atoms with E-state index in [1.54, 1.807) is 71.9 Å². The summed E-state index contributed by atoms with van der Waals surface area (Å²) < 4.78 is 0. The third kappa shape index (κ3) is 18.8. The van der Waals surface area contributed by atoms with Gasteiger partial charge in [-0.3, -0.25) is 19.2 Å². The molecular weight excluding hydrogens is 572 g/mol. The summed E-state index contributed by atoms with van der Waals surface area (Å²) in [6.45, 7) is 10.3. The van der Waals surface area contributed by atoms with Crippen LogP contribution in [-0.2, 0) is 19.2 Å². The highest BCUT2D eigenvalue weighted by Crippen LogP contribution is 2.20. The number of hydrogen-bond acceptors (Lipinski definition) is 12. The first-order valence-corrected chi connectivity index (χ1v) is 13.2. The van der Waals surface area contributed by atoms with Crippen LogP contribution in [0.5, 0.6) is 0 Å². The highest BCUT2D eigenvalue weighted by molar-refractivity contribution is 5.75. The Morgan fingerprint density at radius 2 is 1.05 bits per heavy atom. The van der Waals surface area contributed by atoms with Crippen molar-refractivity contribution in [2.24, 2.45) is 34.3 Å². The maximum atomic E-state index is 10.4. The summed E-state index contributed by atoms with van der Waals surface area (Å²) in [5.74, 6) is -4.83. The Labute approximate surface area is 250 Å². The second-order valence-corrected chi connectivity index (χ2v) is 10.8. The zero-order valence-electron chi connectivity index (χ0n) is 25.3. The van der Waals surface area contributed by atoms with Gasteiger partial charge in [0.1, 0.15) is 30.3 Å². The molecule has 0 heterocycles. The third-order valence-corrected chi connectivity index (χ3v) is 5.73. The van der Waals surface area contributed by atoms with Crippen molar-refractivity contribution in [3.05, 3.63) is 35.9 Å². The molecule has 0 amide bonds. The molecular formula is C27H50N4O12. The maximum Gasteiger partial charge on any atom is 0.323 e. The lowest BCUT2D eigenvalue weighted by molar-refractivity contribution is -0.144. The predicted molar refractivity (Wildman–Crippen MR) is 156 cm³/mol. The molecule has 43 heavy (non-hydrogen) atoms. The van der Waals surface area contributed by atoms with Crippen molar-refractivity contribution in [3.63, 3.8) is 0 Å². The fourth-order valence-corrected chi connectivity index (χ4v) is 2.65. The second-order valence-electron chi connectivity index (χ2n) is 10.8. The Morgan fingerprint density at radius 3 is 1.26 bits per heavy atom. The molecule has 1 aromatic carbocycles. The topological polar surface area (TPSA) is 334 Å². The molecule has 16 N–H and O–H groups in total. The molecule has 16 nitrogen and oxygen atoms in total. The summed E-state index contributed by atoms with van der Waals surface area (Å²) in [7, 11) is 0. The first-order chi connectivity index (χ1) is 19.4. The molecule has 1 aromatic rings. The molecule has 1 rings (SSSR count). The number of carboxylic acids is 4. The summed E-state index contributed by atoms with van der Waals surface area (Å²) in [4.78, 5) is 40.9. The van der Waals surface area contributed by atoms with Crippen LogP contribution < -0.4 is 22.9 Å². The minimum absolute atomic E-state index is 0.119. The van der Waals surface area contributed by atoms with Crippen molar-refractivity contribution < 1.29 is 60.0 Å². The van der Waals surface area contributed by atoms with Gasteiger partial charge in [0.2, 0.25) is 0 Å². The Balaban J connectivity index is -0.000000502. The van der Waals surface area contributed by atoms with Crippen LogP contribution in [0.25, 0.3) is 0 Å². The molecule has 0 fully saturated rings. The Kier molecular flexibility index (Phi) is 22.1. The summed E-state index contributed by atoms with van der Waals surface area (Å²) in [5.41, 5.74) is 20.6. The predicted octanol–water partition coefficient (Wildman–Crippen LogP) is -1.48. The van der Waals surface area contributed by atoms with E-state index in [1.807, 2.05) is 0 Å². The lowest BCUT2D eigenvalue weighted by atomic mass is 9.85. The minimum atomic E-state index is -1.28. The summed E-state index contributed by atoms with van der Waals surface area (Å²) in [6, 6.07) is 3.69. The number of aliphatic hydroxyl groups excluding tert-OH is 4. The van der Waals surface area contributed by atoms with Crippen molar-refractivity contribution in [3.8, 4) is 0 Å². The number of nitrogens with two attached hydrogens (primary N) is 4. The van der Waals surface area contributed by atoms with Gasteiger partial charge < -0.3 is 63.8 Å².